The molecule has 0 saturated heterocycles. The van der Waals surface area contributed by atoms with Crippen molar-refractivity contribution in [1.82, 2.24) is 10.2 Å². The highest BCUT2D eigenvalue weighted by molar-refractivity contribution is 7.92. The number of rotatable bonds is 13. The highest BCUT2D eigenvalue weighted by Crippen LogP contribution is 2.35. The second-order valence-electron chi connectivity index (χ2n) is 8.92. The van der Waals surface area contributed by atoms with Crippen LogP contribution < -0.4 is 19.1 Å². The molecule has 3 rings (SSSR count). The number of carbonyl (C=O) groups is 2. The molecule has 2 amide bonds. The monoisotopic (exact) mass is 565 g/mol. The minimum Gasteiger partial charge on any atom is -0.486 e. The summed E-state index contributed by atoms with van der Waals surface area (Å²) in [6, 6.07) is 11.0. The van der Waals surface area contributed by atoms with Gasteiger partial charge in [-0.3, -0.25) is 13.9 Å². The van der Waals surface area contributed by atoms with Crippen molar-refractivity contribution in [3.05, 3.63) is 53.1 Å². The van der Waals surface area contributed by atoms with Gasteiger partial charge in [-0.1, -0.05) is 50.1 Å². The van der Waals surface area contributed by atoms with Gasteiger partial charge in [0.1, 0.15) is 25.8 Å². The Balaban J connectivity index is 1.96. The van der Waals surface area contributed by atoms with E-state index in [1.54, 1.807) is 42.5 Å². The van der Waals surface area contributed by atoms with Gasteiger partial charge in [-0.15, -0.1) is 0 Å². The molecular weight excluding hydrogens is 530 g/mol. The molecule has 0 aromatic heterocycles. The summed E-state index contributed by atoms with van der Waals surface area (Å²) in [7, 11) is -3.86. The first kappa shape index (κ1) is 29.6. The number of anilines is 1. The minimum atomic E-state index is -3.86. The molecule has 0 radical (unpaired) electrons. The molecular formula is C27H36ClN3O6S. The first-order valence-electron chi connectivity index (χ1n) is 12.9. The number of fused-ring (bicyclic) bond motifs is 1. The van der Waals surface area contributed by atoms with Crippen LogP contribution in [-0.2, 0) is 26.2 Å². The average molecular weight is 566 g/mol. The Kier molecular flexibility index (Phi) is 10.7. The van der Waals surface area contributed by atoms with Crippen LogP contribution in [0.25, 0.3) is 0 Å². The van der Waals surface area contributed by atoms with Gasteiger partial charge in [-0.25, -0.2) is 8.42 Å². The van der Waals surface area contributed by atoms with E-state index >= 15 is 0 Å². The molecule has 11 heteroatoms. The molecule has 0 bridgehead atoms. The van der Waals surface area contributed by atoms with Crippen LogP contribution in [0.2, 0.25) is 5.02 Å². The first-order valence-corrected chi connectivity index (χ1v) is 14.9. The molecule has 0 fully saturated rings. The number of halogens is 1. The molecule has 38 heavy (non-hydrogen) atoms. The van der Waals surface area contributed by atoms with E-state index in [-0.39, 0.29) is 23.9 Å². The highest BCUT2D eigenvalue weighted by atomic mass is 35.5. The number of nitrogens with zero attached hydrogens (tertiary/aromatic N) is 2. The van der Waals surface area contributed by atoms with Crippen molar-refractivity contribution in [1.29, 1.82) is 0 Å². The minimum absolute atomic E-state index is 0.0549. The number of nitrogens with one attached hydrogen (secondary N) is 1. The van der Waals surface area contributed by atoms with E-state index in [1.165, 1.54) is 11.8 Å². The molecule has 1 aliphatic rings. The molecule has 208 valence electrons. The summed E-state index contributed by atoms with van der Waals surface area (Å²) in [6.07, 6.45) is 2.07. The second kappa shape index (κ2) is 13.7. The van der Waals surface area contributed by atoms with E-state index in [2.05, 4.69) is 5.32 Å². The standard InChI is InChI=1S/C27H36ClN3O6S/c1-4-7-14-29-27(33)23(5-2)30(18-20-10-8-9-11-22(20)28)26(32)19-31(38(34,35)6-3)21-12-13-24-25(17-21)37-16-15-36-24/h8-13,17,23H,4-7,14-16,18-19H2,1-3H3,(H,29,33)/t23-/m1/s1. The average Bonchev–Trinajstić information content (AvgIpc) is 2.92. The van der Waals surface area contributed by atoms with E-state index in [0.29, 0.717) is 48.3 Å². The van der Waals surface area contributed by atoms with Gasteiger partial charge in [0.25, 0.3) is 0 Å². The van der Waals surface area contributed by atoms with Crippen LogP contribution in [0.4, 0.5) is 5.69 Å². The third kappa shape index (κ3) is 7.32. The lowest BCUT2D eigenvalue weighted by Crippen LogP contribution is -2.52. The van der Waals surface area contributed by atoms with Crippen LogP contribution in [-0.4, -0.2) is 63.2 Å². The molecule has 2 aromatic rings. The Morgan fingerprint density at radius 1 is 1.05 bits per heavy atom. The zero-order chi connectivity index (χ0) is 27.7. The Morgan fingerprint density at radius 3 is 2.42 bits per heavy atom. The third-order valence-corrected chi connectivity index (χ3v) is 8.42. The summed E-state index contributed by atoms with van der Waals surface area (Å²) in [5.41, 5.74) is 0.939. The fourth-order valence-electron chi connectivity index (χ4n) is 4.14. The van der Waals surface area contributed by atoms with Crippen molar-refractivity contribution >= 4 is 39.1 Å². The molecule has 2 aromatic carbocycles. The lowest BCUT2D eigenvalue weighted by Gasteiger charge is -2.33. The molecule has 9 nitrogen and oxygen atoms in total. The molecule has 1 aliphatic heterocycles. The summed E-state index contributed by atoms with van der Waals surface area (Å²) in [5.74, 6) is -0.101. The fourth-order valence-corrected chi connectivity index (χ4v) is 5.39. The van der Waals surface area contributed by atoms with Crippen LogP contribution in [0.1, 0.15) is 45.6 Å². The summed E-state index contributed by atoms with van der Waals surface area (Å²) >= 11 is 6.40. The normalized spacial score (nSPS) is 13.5. The zero-order valence-electron chi connectivity index (χ0n) is 22.1. The van der Waals surface area contributed by atoms with Gasteiger partial charge in [-0.2, -0.15) is 0 Å². The summed E-state index contributed by atoms with van der Waals surface area (Å²) in [4.78, 5) is 28.4. The Bertz CT molecular complexity index is 1220. The van der Waals surface area contributed by atoms with E-state index in [4.69, 9.17) is 21.1 Å². The van der Waals surface area contributed by atoms with Gasteiger partial charge in [0.15, 0.2) is 11.5 Å². The predicted molar refractivity (Wildman–Crippen MR) is 148 cm³/mol. The number of hydrogen-bond donors (Lipinski definition) is 1. The first-order chi connectivity index (χ1) is 18.2. The van der Waals surface area contributed by atoms with Crippen molar-refractivity contribution in [3.8, 4) is 11.5 Å². The molecule has 0 saturated carbocycles. The van der Waals surface area contributed by atoms with Gasteiger partial charge in [0.2, 0.25) is 21.8 Å². The van der Waals surface area contributed by atoms with E-state index < -0.39 is 28.5 Å². The summed E-state index contributed by atoms with van der Waals surface area (Å²) in [5, 5.41) is 3.36. The zero-order valence-corrected chi connectivity index (χ0v) is 23.7. The maximum absolute atomic E-state index is 13.9. The van der Waals surface area contributed by atoms with E-state index in [0.717, 1.165) is 17.1 Å². The summed E-state index contributed by atoms with van der Waals surface area (Å²) in [6.45, 7) is 6.16. The smallest absolute Gasteiger partial charge is 0.244 e. The fraction of sp³-hybridized carbons (Fsp3) is 0.481. The number of ether oxygens (including phenoxy) is 2. The molecule has 1 N–H and O–H groups in total. The predicted octanol–water partition coefficient (Wildman–Crippen LogP) is 3.99. The Hall–Kier alpha value is -2.98. The largest absolute Gasteiger partial charge is 0.486 e. The van der Waals surface area contributed by atoms with E-state index in [9.17, 15) is 18.0 Å². The lowest BCUT2D eigenvalue weighted by molar-refractivity contribution is -0.140. The topological polar surface area (TPSA) is 105 Å². The van der Waals surface area contributed by atoms with Crippen LogP contribution >= 0.6 is 11.6 Å². The number of amides is 2. The van der Waals surface area contributed by atoms with Crippen molar-refractivity contribution in [2.24, 2.45) is 0 Å². The maximum Gasteiger partial charge on any atom is 0.244 e. The number of carbonyl (C=O) groups excluding carboxylic acids is 2. The van der Waals surface area contributed by atoms with Gasteiger partial charge < -0.3 is 19.7 Å². The molecule has 0 spiro atoms. The number of benzene rings is 2. The third-order valence-electron chi connectivity index (χ3n) is 6.31. The van der Waals surface area contributed by atoms with E-state index in [1.807, 2.05) is 13.8 Å². The molecule has 0 aliphatic carbocycles. The van der Waals surface area contributed by atoms with Gasteiger partial charge in [-0.05, 0) is 43.5 Å². The highest BCUT2D eigenvalue weighted by Gasteiger charge is 2.33. The van der Waals surface area contributed by atoms with Crippen molar-refractivity contribution in [2.75, 3.05) is 36.4 Å². The van der Waals surface area contributed by atoms with Gasteiger partial charge in [0, 0.05) is 24.2 Å². The van der Waals surface area contributed by atoms with Crippen molar-refractivity contribution < 1.29 is 27.5 Å². The molecule has 1 atom stereocenters. The molecule has 0 unspecified atom stereocenters. The number of hydrogen-bond acceptors (Lipinski definition) is 6. The van der Waals surface area contributed by atoms with Gasteiger partial charge in [0.05, 0.1) is 11.4 Å². The Labute approximate surface area is 230 Å². The van der Waals surface area contributed by atoms with Crippen molar-refractivity contribution in [2.45, 2.75) is 52.6 Å². The molecule has 1 heterocycles. The Morgan fingerprint density at radius 2 is 1.76 bits per heavy atom. The lowest BCUT2D eigenvalue weighted by atomic mass is 10.1. The van der Waals surface area contributed by atoms with Crippen molar-refractivity contribution in [3.63, 3.8) is 0 Å². The maximum atomic E-state index is 13.9. The van der Waals surface area contributed by atoms with Crippen LogP contribution in [0.15, 0.2) is 42.5 Å². The summed E-state index contributed by atoms with van der Waals surface area (Å²) < 4.78 is 38.6. The second-order valence-corrected chi connectivity index (χ2v) is 11.5. The van der Waals surface area contributed by atoms with Crippen LogP contribution in [0.5, 0.6) is 11.5 Å². The number of sulfonamides is 1. The SMILES string of the molecule is CCCCNC(=O)[C@@H](CC)N(Cc1ccccc1Cl)C(=O)CN(c1ccc2c(c1)OCCO2)S(=O)(=O)CC. The number of unbranched alkanes of at least 4 members (excludes halogenated alkanes) is 1. The quantitative estimate of drug-likeness (QED) is 0.368. The van der Waals surface area contributed by atoms with Crippen LogP contribution in [0, 0.1) is 0 Å². The van der Waals surface area contributed by atoms with Crippen LogP contribution in [0.3, 0.4) is 0 Å². The van der Waals surface area contributed by atoms with Gasteiger partial charge >= 0.3 is 0 Å².